The maximum atomic E-state index is 13.1. The number of aromatic nitrogens is 1. The molecular formula is C22H25N3O4S2. The highest BCUT2D eigenvalue weighted by atomic mass is 32.2. The first-order chi connectivity index (χ1) is 15.0. The molecule has 0 radical (unpaired) electrons. The SMILES string of the molecule is COCCn1c(=NC(=O)C2CCCN(S(=O)(=O)c3ccccc3)C2)sc2ccccc21. The van der Waals surface area contributed by atoms with E-state index in [9.17, 15) is 13.2 Å². The van der Waals surface area contributed by atoms with Crippen LogP contribution in [-0.4, -0.2) is 50.0 Å². The molecule has 0 spiro atoms. The summed E-state index contributed by atoms with van der Waals surface area (Å²) in [5.74, 6) is -0.723. The van der Waals surface area contributed by atoms with Crippen LogP contribution in [0.15, 0.2) is 64.5 Å². The van der Waals surface area contributed by atoms with Gasteiger partial charge < -0.3 is 9.30 Å². The van der Waals surface area contributed by atoms with Gasteiger partial charge >= 0.3 is 0 Å². The van der Waals surface area contributed by atoms with Crippen molar-refractivity contribution in [1.29, 1.82) is 0 Å². The Bertz CT molecular complexity index is 1230. The molecule has 0 aliphatic carbocycles. The maximum absolute atomic E-state index is 13.1. The Kier molecular flexibility index (Phi) is 6.66. The molecule has 9 heteroatoms. The number of ether oxygens (including phenoxy) is 1. The third-order valence-corrected chi connectivity index (χ3v) is 8.37. The Hall–Kier alpha value is -2.33. The van der Waals surface area contributed by atoms with E-state index in [-0.39, 0.29) is 17.3 Å². The molecule has 2 aromatic carbocycles. The number of sulfonamides is 1. The van der Waals surface area contributed by atoms with Crippen LogP contribution >= 0.6 is 11.3 Å². The summed E-state index contributed by atoms with van der Waals surface area (Å²) in [5.41, 5.74) is 1.01. The minimum Gasteiger partial charge on any atom is -0.383 e. The van der Waals surface area contributed by atoms with Crippen LogP contribution in [0.2, 0.25) is 0 Å². The van der Waals surface area contributed by atoms with Crippen molar-refractivity contribution < 1.29 is 17.9 Å². The zero-order valence-corrected chi connectivity index (χ0v) is 18.9. The highest BCUT2D eigenvalue weighted by Gasteiger charge is 2.33. The van der Waals surface area contributed by atoms with Crippen molar-refractivity contribution in [3.05, 3.63) is 59.4 Å². The Morgan fingerprint density at radius 3 is 2.68 bits per heavy atom. The van der Waals surface area contributed by atoms with E-state index >= 15 is 0 Å². The van der Waals surface area contributed by atoms with Crippen molar-refractivity contribution in [1.82, 2.24) is 8.87 Å². The molecule has 0 bridgehead atoms. The summed E-state index contributed by atoms with van der Waals surface area (Å²) in [6.45, 7) is 1.67. The lowest BCUT2D eigenvalue weighted by Gasteiger charge is -2.30. The fourth-order valence-electron chi connectivity index (χ4n) is 3.79. The minimum atomic E-state index is -3.62. The lowest BCUT2D eigenvalue weighted by molar-refractivity contribution is -0.122. The van der Waals surface area contributed by atoms with Gasteiger partial charge in [-0.3, -0.25) is 4.79 Å². The van der Waals surface area contributed by atoms with E-state index < -0.39 is 15.9 Å². The van der Waals surface area contributed by atoms with Gasteiger partial charge in [-0.25, -0.2) is 8.42 Å². The number of thiazole rings is 1. The van der Waals surface area contributed by atoms with Gasteiger partial charge in [0, 0.05) is 26.7 Å². The van der Waals surface area contributed by atoms with E-state index in [1.807, 2.05) is 28.8 Å². The number of hydrogen-bond acceptors (Lipinski definition) is 5. The first-order valence-corrected chi connectivity index (χ1v) is 12.5. The molecule has 1 amide bonds. The van der Waals surface area contributed by atoms with Crippen molar-refractivity contribution in [2.24, 2.45) is 10.9 Å². The van der Waals surface area contributed by atoms with Gasteiger partial charge in [-0.05, 0) is 37.1 Å². The van der Waals surface area contributed by atoms with Crippen molar-refractivity contribution in [3.63, 3.8) is 0 Å². The number of benzene rings is 2. The summed E-state index contributed by atoms with van der Waals surface area (Å²) in [6.07, 6.45) is 1.26. The molecule has 1 fully saturated rings. The number of piperidine rings is 1. The number of para-hydroxylation sites is 1. The smallest absolute Gasteiger partial charge is 0.252 e. The van der Waals surface area contributed by atoms with Crippen LogP contribution in [0, 0.1) is 5.92 Å². The Labute approximate surface area is 185 Å². The van der Waals surface area contributed by atoms with Crippen LogP contribution in [0.4, 0.5) is 0 Å². The molecule has 0 saturated carbocycles. The highest BCUT2D eigenvalue weighted by Crippen LogP contribution is 2.24. The van der Waals surface area contributed by atoms with E-state index in [0.717, 1.165) is 10.2 Å². The van der Waals surface area contributed by atoms with Crippen molar-refractivity contribution in [3.8, 4) is 0 Å². The van der Waals surface area contributed by atoms with Gasteiger partial charge in [0.15, 0.2) is 4.80 Å². The predicted molar refractivity (Wildman–Crippen MR) is 120 cm³/mol. The van der Waals surface area contributed by atoms with E-state index in [0.29, 0.717) is 37.3 Å². The number of carbonyl (C=O) groups is 1. The molecule has 1 aliphatic heterocycles. The molecule has 4 rings (SSSR count). The summed E-state index contributed by atoms with van der Waals surface area (Å²) < 4.78 is 35.6. The first-order valence-electron chi connectivity index (χ1n) is 10.2. The Balaban J connectivity index is 1.61. The monoisotopic (exact) mass is 459 g/mol. The van der Waals surface area contributed by atoms with Crippen LogP contribution in [0.1, 0.15) is 12.8 Å². The van der Waals surface area contributed by atoms with Crippen molar-refractivity contribution >= 4 is 37.5 Å². The third kappa shape index (κ3) is 4.64. The quantitative estimate of drug-likeness (QED) is 0.568. The molecular weight excluding hydrogens is 434 g/mol. The van der Waals surface area contributed by atoms with Crippen molar-refractivity contribution in [2.45, 2.75) is 24.3 Å². The number of amides is 1. The number of fused-ring (bicyclic) bond motifs is 1. The molecule has 0 N–H and O–H groups in total. The number of methoxy groups -OCH3 is 1. The fraction of sp³-hybridized carbons (Fsp3) is 0.364. The number of hydrogen-bond donors (Lipinski definition) is 0. The summed E-state index contributed by atoms with van der Waals surface area (Å²) >= 11 is 1.46. The Morgan fingerprint density at radius 2 is 1.90 bits per heavy atom. The predicted octanol–water partition coefficient (Wildman–Crippen LogP) is 2.88. The lowest BCUT2D eigenvalue weighted by Crippen LogP contribution is -2.42. The van der Waals surface area contributed by atoms with Gasteiger partial charge in [-0.1, -0.05) is 41.7 Å². The molecule has 164 valence electrons. The van der Waals surface area contributed by atoms with Crippen LogP contribution in [-0.2, 0) is 26.1 Å². The number of nitrogens with zero attached hydrogens (tertiary/aromatic N) is 3. The molecule has 1 saturated heterocycles. The minimum absolute atomic E-state index is 0.155. The second kappa shape index (κ2) is 9.44. The molecule has 1 unspecified atom stereocenters. The van der Waals surface area contributed by atoms with E-state index in [1.54, 1.807) is 37.4 Å². The summed E-state index contributed by atoms with van der Waals surface area (Å²) in [4.78, 5) is 18.3. The van der Waals surface area contributed by atoms with Gasteiger partial charge in [0.2, 0.25) is 10.0 Å². The van der Waals surface area contributed by atoms with E-state index in [1.165, 1.54) is 15.6 Å². The Morgan fingerprint density at radius 1 is 1.16 bits per heavy atom. The molecule has 1 aromatic heterocycles. The zero-order valence-electron chi connectivity index (χ0n) is 17.3. The fourth-order valence-corrected chi connectivity index (χ4v) is 6.40. The van der Waals surface area contributed by atoms with Gasteiger partial charge in [0.25, 0.3) is 5.91 Å². The molecule has 1 aliphatic rings. The second-order valence-electron chi connectivity index (χ2n) is 7.46. The van der Waals surface area contributed by atoms with Crippen LogP contribution in [0.3, 0.4) is 0 Å². The van der Waals surface area contributed by atoms with Gasteiger partial charge in [-0.15, -0.1) is 0 Å². The largest absolute Gasteiger partial charge is 0.383 e. The summed E-state index contributed by atoms with van der Waals surface area (Å²) in [5, 5.41) is 0. The maximum Gasteiger partial charge on any atom is 0.252 e. The molecule has 7 nitrogen and oxygen atoms in total. The topological polar surface area (TPSA) is 81.0 Å². The normalized spacial score (nSPS) is 18.5. The second-order valence-corrected chi connectivity index (χ2v) is 10.4. The lowest BCUT2D eigenvalue weighted by atomic mass is 9.99. The van der Waals surface area contributed by atoms with Gasteiger partial charge in [0.05, 0.1) is 27.6 Å². The van der Waals surface area contributed by atoms with Crippen LogP contribution in [0.5, 0.6) is 0 Å². The first kappa shape index (κ1) is 21.9. The van der Waals surface area contributed by atoms with Crippen molar-refractivity contribution in [2.75, 3.05) is 26.8 Å². The average Bonchev–Trinajstić information content (AvgIpc) is 3.15. The average molecular weight is 460 g/mol. The standard InChI is InChI=1S/C22H25N3O4S2/c1-29-15-14-25-19-11-5-6-12-20(19)30-22(25)23-21(26)17-8-7-13-24(16-17)31(27,28)18-9-3-2-4-10-18/h2-6,9-12,17H,7-8,13-16H2,1H3. The summed E-state index contributed by atoms with van der Waals surface area (Å²) in [6, 6.07) is 16.3. The molecule has 1 atom stereocenters. The number of carbonyl (C=O) groups excluding carboxylic acids is 1. The number of rotatable bonds is 6. The highest BCUT2D eigenvalue weighted by molar-refractivity contribution is 7.89. The van der Waals surface area contributed by atoms with E-state index in [2.05, 4.69) is 4.99 Å². The van der Waals surface area contributed by atoms with E-state index in [4.69, 9.17) is 4.74 Å². The molecule has 2 heterocycles. The van der Waals surface area contributed by atoms with Gasteiger partial charge in [-0.2, -0.15) is 9.30 Å². The molecule has 31 heavy (non-hydrogen) atoms. The van der Waals surface area contributed by atoms with Crippen LogP contribution < -0.4 is 4.80 Å². The summed E-state index contributed by atoms with van der Waals surface area (Å²) in [7, 11) is -1.98. The molecule has 3 aromatic rings. The zero-order chi connectivity index (χ0) is 21.8. The third-order valence-electron chi connectivity index (χ3n) is 5.43. The van der Waals surface area contributed by atoms with Gasteiger partial charge in [0.1, 0.15) is 0 Å². The van der Waals surface area contributed by atoms with Crippen LogP contribution in [0.25, 0.3) is 10.2 Å².